The summed E-state index contributed by atoms with van der Waals surface area (Å²) in [5, 5.41) is 12.3. The van der Waals surface area contributed by atoms with Crippen molar-refractivity contribution in [2.45, 2.75) is 36.6 Å². The van der Waals surface area contributed by atoms with Crippen molar-refractivity contribution < 1.29 is 26.7 Å². The quantitative estimate of drug-likeness (QED) is 0.545. The fraction of sp³-hybridized carbons (Fsp3) is 0.278. The first kappa shape index (κ1) is 23.1. The Morgan fingerprint density at radius 3 is 2.28 bits per heavy atom. The molecule has 1 amide bonds. The summed E-state index contributed by atoms with van der Waals surface area (Å²) in [6, 6.07) is 6.77. The van der Waals surface area contributed by atoms with Crippen LogP contribution >= 0.6 is 11.6 Å². The molecule has 0 aliphatic rings. The monoisotopic (exact) mass is 460 g/mol. The van der Waals surface area contributed by atoms with E-state index in [1.807, 2.05) is 0 Å². The third kappa shape index (κ3) is 5.47. The van der Waals surface area contributed by atoms with Gasteiger partial charge in [0.25, 0.3) is 5.91 Å². The zero-order valence-corrected chi connectivity index (χ0v) is 18.3. The summed E-state index contributed by atoms with van der Waals surface area (Å²) >= 11 is 6.04. The fourth-order valence-electron chi connectivity index (χ4n) is 2.39. The Morgan fingerprint density at radius 2 is 1.69 bits per heavy atom. The SMILES string of the molecule is CCS(=O)(=O)c1ccc(O)c(NC(=O)c2cc(S(=O)(=O)NC(C)C)ccc2Cl)c1. The third-order valence-corrected chi connectivity index (χ3v) is 7.56. The number of aromatic hydroxyl groups is 1. The van der Waals surface area contributed by atoms with Gasteiger partial charge in [-0.25, -0.2) is 21.6 Å². The Kier molecular flexibility index (Phi) is 6.94. The highest BCUT2D eigenvalue weighted by Gasteiger charge is 2.21. The molecule has 0 saturated heterocycles. The van der Waals surface area contributed by atoms with Gasteiger partial charge in [0.1, 0.15) is 5.75 Å². The van der Waals surface area contributed by atoms with Crippen LogP contribution in [-0.4, -0.2) is 39.6 Å². The van der Waals surface area contributed by atoms with Crippen LogP contribution in [0.4, 0.5) is 5.69 Å². The number of carbonyl (C=O) groups excluding carboxylic acids is 1. The van der Waals surface area contributed by atoms with Crippen LogP contribution in [0.1, 0.15) is 31.1 Å². The van der Waals surface area contributed by atoms with E-state index >= 15 is 0 Å². The van der Waals surface area contributed by atoms with Crippen molar-refractivity contribution in [3.05, 3.63) is 47.0 Å². The number of amides is 1. The summed E-state index contributed by atoms with van der Waals surface area (Å²) in [5.41, 5.74) is -0.296. The largest absolute Gasteiger partial charge is 0.506 e. The van der Waals surface area contributed by atoms with E-state index in [0.717, 1.165) is 18.2 Å². The highest BCUT2D eigenvalue weighted by molar-refractivity contribution is 7.91. The van der Waals surface area contributed by atoms with Crippen LogP contribution in [0.3, 0.4) is 0 Å². The third-order valence-electron chi connectivity index (χ3n) is 3.84. The normalized spacial score (nSPS) is 12.2. The van der Waals surface area contributed by atoms with Gasteiger partial charge in [0.15, 0.2) is 9.84 Å². The van der Waals surface area contributed by atoms with E-state index in [9.17, 15) is 26.7 Å². The van der Waals surface area contributed by atoms with Crippen LogP contribution in [0.2, 0.25) is 5.02 Å². The predicted molar refractivity (Wildman–Crippen MR) is 111 cm³/mol. The van der Waals surface area contributed by atoms with E-state index in [2.05, 4.69) is 10.0 Å². The van der Waals surface area contributed by atoms with Gasteiger partial charge in [0.05, 0.1) is 31.8 Å². The number of phenols is 1. The van der Waals surface area contributed by atoms with Crippen molar-refractivity contribution in [1.29, 1.82) is 0 Å². The molecule has 0 radical (unpaired) electrons. The van der Waals surface area contributed by atoms with Gasteiger partial charge in [-0.2, -0.15) is 0 Å². The van der Waals surface area contributed by atoms with E-state index in [1.165, 1.54) is 25.1 Å². The average Bonchev–Trinajstić information content (AvgIpc) is 2.62. The van der Waals surface area contributed by atoms with Gasteiger partial charge < -0.3 is 10.4 Å². The van der Waals surface area contributed by atoms with Crippen molar-refractivity contribution in [1.82, 2.24) is 4.72 Å². The van der Waals surface area contributed by atoms with Crippen LogP contribution in [0, 0.1) is 0 Å². The second-order valence-electron chi connectivity index (χ2n) is 6.45. The number of halogens is 1. The molecule has 0 unspecified atom stereocenters. The van der Waals surface area contributed by atoms with Gasteiger partial charge in [-0.3, -0.25) is 4.79 Å². The first-order valence-electron chi connectivity index (χ1n) is 8.56. The first-order chi connectivity index (χ1) is 13.4. The summed E-state index contributed by atoms with van der Waals surface area (Å²) in [7, 11) is -7.42. The lowest BCUT2D eigenvalue weighted by molar-refractivity contribution is 0.102. The molecule has 2 aromatic carbocycles. The van der Waals surface area contributed by atoms with Crippen LogP contribution in [-0.2, 0) is 19.9 Å². The van der Waals surface area contributed by atoms with Crippen LogP contribution < -0.4 is 10.0 Å². The molecular weight excluding hydrogens is 440 g/mol. The van der Waals surface area contributed by atoms with Crippen LogP contribution in [0.25, 0.3) is 0 Å². The van der Waals surface area contributed by atoms with Crippen LogP contribution in [0.15, 0.2) is 46.2 Å². The molecule has 0 aliphatic heterocycles. The van der Waals surface area contributed by atoms with Gasteiger partial charge in [0.2, 0.25) is 10.0 Å². The summed E-state index contributed by atoms with van der Waals surface area (Å²) in [4.78, 5) is 12.4. The van der Waals surface area contributed by atoms with E-state index in [0.29, 0.717) is 0 Å². The number of sulfonamides is 1. The van der Waals surface area contributed by atoms with Gasteiger partial charge >= 0.3 is 0 Å². The molecule has 0 heterocycles. The van der Waals surface area contributed by atoms with E-state index < -0.39 is 25.8 Å². The lowest BCUT2D eigenvalue weighted by Gasteiger charge is -2.13. The molecule has 0 aliphatic carbocycles. The molecule has 2 aromatic rings. The van der Waals surface area contributed by atoms with Gasteiger partial charge in [-0.05, 0) is 50.2 Å². The van der Waals surface area contributed by atoms with Crippen molar-refractivity contribution in [3.63, 3.8) is 0 Å². The Hall–Kier alpha value is -2.14. The van der Waals surface area contributed by atoms with E-state index in [1.54, 1.807) is 13.8 Å². The van der Waals surface area contributed by atoms with Crippen LogP contribution in [0.5, 0.6) is 5.75 Å². The van der Waals surface area contributed by atoms with E-state index in [-0.39, 0.29) is 43.6 Å². The number of anilines is 1. The molecular formula is C18H21ClN2O6S2. The summed E-state index contributed by atoms with van der Waals surface area (Å²) in [5.74, 6) is -1.31. The van der Waals surface area contributed by atoms with E-state index in [4.69, 9.17) is 11.6 Å². The Morgan fingerprint density at radius 1 is 1.07 bits per heavy atom. The number of phenolic OH excluding ortho intramolecular Hbond substituents is 1. The zero-order valence-electron chi connectivity index (χ0n) is 15.9. The highest BCUT2D eigenvalue weighted by atomic mass is 35.5. The molecule has 0 aromatic heterocycles. The second kappa shape index (κ2) is 8.70. The molecule has 158 valence electrons. The zero-order chi connectivity index (χ0) is 22.0. The predicted octanol–water partition coefficient (Wildman–Crippen LogP) is 2.78. The molecule has 29 heavy (non-hydrogen) atoms. The van der Waals surface area contributed by atoms with Gasteiger partial charge in [-0.15, -0.1) is 0 Å². The van der Waals surface area contributed by atoms with Crippen molar-refractivity contribution >= 4 is 43.1 Å². The minimum atomic E-state index is -3.86. The molecule has 8 nitrogen and oxygen atoms in total. The average molecular weight is 461 g/mol. The molecule has 0 spiro atoms. The number of nitrogens with one attached hydrogen (secondary N) is 2. The maximum absolute atomic E-state index is 12.6. The minimum absolute atomic E-state index is 0.0113. The smallest absolute Gasteiger partial charge is 0.257 e. The second-order valence-corrected chi connectivity index (χ2v) is 10.9. The first-order valence-corrected chi connectivity index (χ1v) is 12.1. The summed E-state index contributed by atoms with van der Waals surface area (Å²) in [6.07, 6.45) is 0. The minimum Gasteiger partial charge on any atom is -0.506 e. The fourth-order valence-corrected chi connectivity index (χ4v) is 4.78. The Balaban J connectivity index is 2.42. The van der Waals surface area contributed by atoms with Gasteiger partial charge in [0, 0.05) is 6.04 Å². The summed E-state index contributed by atoms with van der Waals surface area (Å²) in [6.45, 7) is 4.78. The standard InChI is InChI=1S/C18H21ClN2O6S2/c1-4-28(24,25)12-6-8-17(22)16(10-12)20-18(23)14-9-13(5-7-15(14)19)29(26,27)21-11(2)3/h5-11,21-22H,4H2,1-3H3,(H,20,23). The Bertz CT molecular complexity index is 1140. The number of carbonyl (C=O) groups is 1. The number of hydrogen-bond donors (Lipinski definition) is 3. The molecule has 0 atom stereocenters. The number of sulfone groups is 1. The van der Waals surface area contributed by atoms with Crippen molar-refractivity contribution in [2.24, 2.45) is 0 Å². The molecule has 0 fully saturated rings. The molecule has 0 bridgehead atoms. The lowest BCUT2D eigenvalue weighted by atomic mass is 10.2. The molecule has 0 saturated carbocycles. The van der Waals surface area contributed by atoms with Crippen molar-refractivity contribution in [2.75, 3.05) is 11.1 Å². The topological polar surface area (TPSA) is 130 Å². The highest BCUT2D eigenvalue weighted by Crippen LogP contribution is 2.29. The Labute approximate surface area is 174 Å². The lowest BCUT2D eigenvalue weighted by Crippen LogP contribution is -2.30. The molecule has 2 rings (SSSR count). The summed E-state index contributed by atoms with van der Waals surface area (Å²) < 4.78 is 51.1. The molecule has 3 N–H and O–H groups in total. The number of benzene rings is 2. The number of hydrogen-bond acceptors (Lipinski definition) is 6. The maximum Gasteiger partial charge on any atom is 0.257 e. The van der Waals surface area contributed by atoms with Gasteiger partial charge in [-0.1, -0.05) is 18.5 Å². The maximum atomic E-state index is 12.6. The van der Waals surface area contributed by atoms with Crippen molar-refractivity contribution in [3.8, 4) is 5.75 Å². The number of rotatable bonds is 7. The molecule has 11 heteroatoms.